The van der Waals surface area contributed by atoms with Gasteiger partial charge in [-0.2, -0.15) is 4.31 Å². The van der Waals surface area contributed by atoms with E-state index in [0.29, 0.717) is 53.1 Å². The summed E-state index contributed by atoms with van der Waals surface area (Å²) in [5.41, 5.74) is 13.2. The highest BCUT2D eigenvalue weighted by Crippen LogP contribution is 2.60. The Kier molecular flexibility index (Phi) is 42.9. The van der Waals surface area contributed by atoms with Crippen molar-refractivity contribution in [3.63, 3.8) is 0 Å². The number of unbranched alkanes of at least 4 members (excludes halogenated alkanes) is 4. The summed E-state index contributed by atoms with van der Waals surface area (Å²) in [5, 5.41) is 21.4. The number of anilines is 1. The van der Waals surface area contributed by atoms with Crippen LogP contribution in [0.3, 0.4) is 0 Å². The second-order valence-electron chi connectivity index (χ2n) is 28.4. The molecular weight excluding hydrogens is 1520 g/mol. The SMILES string of the molecule is C/C=C(\C)[C@H]1OC(=O)[C@@H](C)NC(=O)[C@H]([C@H](C)CC)NC(=O)CN(C)C(=O)[C@@H](Cc2ccc(Cl)cc2)N(C)C(=O)[C@H](C)NC(=O)[C@@H](CC(C)C)OC(=O)/C(C)=C/C[C@H](OC(=O)NCCCCCOP(=O)(O)OP(=O)(O)OCCCCCNC(=O)OCc2ccc(NC(=O)[C@@H](CCCNC(N)=O)NC(=O)[C@H](N)C(C)C)cc2)[C@@H]1C. The molecule has 0 saturated heterocycles. The molecular formula is C74H117ClN12O23P2. The first-order chi connectivity index (χ1) is 52.6. The molecule has 0 fully saturated rings. The number of nitrogens with two attached hydrogens (primary N) is 2. The van der Waals surface area contributed by atoms with Crippen molar-refractivity contribution in [3.8, 4) is 0 Å². The van der Waals surface area contributed by atoms with Crippen LogP contribution in [0.4, 0.5) is 20.1 Å². The lowest BCUT2D eigenvalue weighted by Gasteiger charge is -2.33. The minimum atomic E-state index is -5.14. The molecule has 2 aromatic carbocycles. The first kappa shape index (κ1) is 97.7. The molecule has 0 radical (unpaired) electrons. The number of halogens is 1. The Bertz CT molecular complexity index is 3630. The zero-order chi connectivity index (χ0) is 84.2. The molecule has 14 N–H and O–H groups in total. The summed E-state index contributed by atoms with van der Waals surface area (Å²) in [7, 11) is -7.52. The van der Waals surface area contributed by atoms with E-state index in [0.717, 1.165) is 9.80 Å². The quantitative estimate of drug-likeness (QED) is 0.0109. The number of cyclic esters (lactones) is 2. The zero-order valence-corrected chi connectivity index (χ0v) is 69.0. The van der Waals surface area contributed by atoms with E-state index < -0.39 is 167 Å². The van der Waals surface area contributed by atoms with E-state index in [9.17, 15) is 76.5 Å². The Morgan fingerprint density at radius 1 is 0.741 bits per heavy atom. The maximum atomic E-state index is 14.4. The number of hydrogen-bond acceptors (Lipinski definition) is 22. The minimum absolute atomic E-state index is 0.0133. The van der Waals surface area contributed by atoms with Crippen LogP contribution in [0.5, 0.6) is 0 Å². The van der Waals surface area contributed by atoms with Crippen LogP contribution in [0.2, 0.25) is 5.02 Å². The molecule has 38 heteroatoms. The lowest BCUT2D eigenvalue weighted by Crippen LogP contribution is -2.57. The average Bonchev–Trinajstić information content (AvgIpc) is 0.830. The standard InChI is InChI=1S/C74H117ClN12O23P2/c1-15-46(7)62-67(92)82-51(12)71(96)109-63(47(8)16-2)49(10)58(34-25-48(9)70(95)107-59(40-44(3)4)65(90)81-50(11)68(93)87(14)57(41-52-26-30-54(75)31-27-52)69(94)86(13)42-60(88)85-62)108-74(99)80-36-20-18-22-39-106-112(102,103)110-111(100,101)105-38-21-17-19-35-79-73(98)104-43-53-28-32-55(33-29-53)83-64(89)56(24-23-37-78-72(77)97)84-66(91)61(76)45(5)6/h16,25-33,44-46,49-51,56-59,61-63H,15,17-24,34-43,76H2,1-14H3,(H,79,98)(H,80,99)(H,81,90)(H,82,92)(H,83,89)(H,84,91)(H,85,88)(H,100,101)(H,102,103)(H3,77,78,97)/b47-16+,48-25+/t46-,49+,50+,51-,56-,57-,58+,59-,61-,62+,63-/m1/s1. The van der Waals surface area contributed by atoms with Gasteiger partial charge in [-0.1, -0.05) is 103 Å². The van der Waals surface area contributed by atoms with Gasteiger partial charge in [-0.15, -0.1) is 0 Å². The van der Waals surface area contributed by atoms with E-state index in [1.165, 1.54) is 40.9 Å². The number of hydrogen-bond donors (Lipinski definition) is 12. The molecule has 628 valence electrons. The molecule has 1 aliphatic heterocycles. The second-order valence-corrected chi connectivity index (χ2v) is 31.9. The molecule has 35 nitrogen and oxygen atoms in total. The van der Waals surface area contributed by atoms with Crippen molar-refractivity contribution < 1.29 is 109 Å². The fourth-order valence-corrected chi connectivity index (χ4v) is 13.3. The van der Waals surface area contributed by atoms with Crippen molar-refractivity contribution in [1.82, 2.24) is 47.0 Å². The zero-order valence-electron chi connectivity index (χ0n) is 66.5. The van der Waals surface area contributed by atoms with E-state index in [2.05, 4.69) is 46.8 Å². The maximum Gasteiger partial charge on any atom is 0.481 e. The normalized spacial score (nSPS) is 22.2. The molecule has 11 amide bonds. The van der Waals surface area contributed by atoms with Gasteiger partial charge in [-0.05, 0) is 151 Å². The number of phosphoric ester groups is 2. The van der Waals surface area contributed by atoms with Gasteiger partial charge in [0.1, 0.15) is 49.0 Å². The van der Waals surface area contributed by atoms with Gasteiger partial charge in [0.15, 0.2) is 6.10 Å². The van der Waals surface area contributed by atoms with Gasteiger partial charge in [-0.3, -0.25) is 42.6 Å². The largest absolute Gasteiger partial charge is 0.481 e. The third kappa shape index (κ3) is 36.1. The molecule has 0 aromatic heterocycles. The predicted octanol–water partition coefficient (Wildman–Crippen LogP) is 7.00. The smallest absolute Gasteiger partial charge is 0.456 e. The van der Waals surface area contributed by atoms with Crippen LogP contribution >= 0.6 is 27.2 Å². The molecule has 1 heterocycles. The molecule has 0 saturated carbocycles. The number of rotatable bonds is 35. The van der Waals surface area contributed by atoms with Crippen molar-refractivity contribution >= 4 is 104 Å². The summed E-state index contributed by atoms with van der Waals surface area (Å²) in [6.45, 7) is 18.6. The number of phosphoric acid groups is 2. The van der Waals surface area contributed by atoms with E-state index >= 15 is 0 Å². The van der Waals surface area contributed by atoms with Gasteiger partial charge < -0.3 is 92.5 Å². The molecule has 13 atom stereocenters. The molecule has 0 aliphatic carbocycles. The van der Waals surface area contributed by atoms with Crippen molar-refractivity contribution in [1.29, 1.82) is 0 Å². The van der Waals surface area contributed by atoms with Crippen LogP contribution in [0.1, 0.15) is 165 Å². The van der Waals surface area contributed by atoms with Crippen molar-refractivity contribution in [3.05, 3.63) is 88.0 Å². The Hall–Kier alpha value is -8.53. The monoisotopic (exact) mass is 1640 g/mol. The fraction of sp³-hybridized carbons (Fsp3) is 0.622. The maximum absolute atomic E-state index is 14.4. The first-order valence-corrected chi connectivity index (χ1v) is 40.8. The number of primary amides is 1. The highest BCUT2D eigenvalue weighted by molar-refractivity contribution is 7.61. The summed E-state index contributed by atoms with van der Waals surface area (Å²) < 4.78 is 62.7. The first-order valence-electron chi connectivity index (χ1n) is 37.5. The number of urea groups is 1. The van der Waals surface area contributed by atoms with Gasteiger partial charge in [0.25, 0.3) is 5.91 Å². The lowest BCUT2D eigenvalue weighted by molar-refractivity contribution is -0.155. The van der Waals surface area contributed by atoms with Gasteiger partial charge in [0, 0.05) is 68.8 Å². The van der Waals surface area contributed by atoms with Crippen LogP contribution in [-0.2, 0) is 97.6 Å². The van der Waals surface area contributed by atoms with Crippen LogP contribution in [0, 0.1) is 23.7 Å². The van der Waals surface area contributed by atoms with Crippen LogP contribution in [0.15, 0.2) is 71.8 Å². The summed E-state index contributed by atoms with van der Waals surface area (Å²) in [4.78, 5) is 185. The predicted molar refractivity (Wildman–Crippen MR) is 416 cm³/mol. The van der Waals surface area contributed by atoms with Gasteiger partial charge in [0.05, 0.1) is 25.8 Å². The molecule has 2 unspecified atom stereocenters. The molecule has 0 bridgehead atoms. The fourth-order valence-electron chi connectivity index (χ4n) is 11.1. The summed E-state index contributed by atoms with van der Waals surface area (Å²) in [6.07, 6.45) is -0.0914. The molecule has 2 aromatic rings. The van der Waals surface area contributed by atoms with Crippen molar-refractivity contribution in [2.75, 3.05) is 58.8 Å². The molecule has 1 aliphatic rings. The number of amides is 11. The number of nitrogens with one attached hydrogen (secondary N) is 8. The third-order valence-electron chi connectivity index (χ3n) is 18.2. The summed E-state index contributed by atoms with van der Waals surface area (Å²) >= 11 is 6.17. The van der Waals surface area contributed by atoms with Crippen molar-refractivity contribution in [2.45, 2.75) is 221 Å². The number of carbonyl (C=O) groups excluding carboxylic acids is 12. The summed E-state index contributed by atoms with van der Waals surface area (Å²) in [6, 6.07) is 5.35. The number of benzene rings is 2. The van der Waals surface area contributed by atoms with E-state index in [4.69, 9.17) is 51.1 Å². The van der Waals surface area contributed by atoms with Crippen LogP contribution in [0.25, 0.3) is 0 Å². The number of carbonyl (C=O) groups is 12. The highest BCUT2D eigenvalue weighted by atomic mass is 35.5. The van der Waals surface area contributed by atoms with Gasteiger partial charge >= 0.3 is 45.8 Å². The Labute approximate surface area is 660 Å². The number of nitrogens with zero attached hydrogens (tertiary/aromatic N) is 2. The minimum Gasteiger partial charge on any atom is -0.456 e. The van der Waals surface area contributed by atoms with E-state index in [1.54, 1.807) is 117 Å². The summed E-state index contributed by atoms with van der Waals surface area (Å²) in [5.74, 6) is -8.32. The van der Waals surface area contributed by atoms with E-state index in [-0.39, 0.29) is 102 Å². The number of esters is 2. The third-order valence-corrected chi connectivity index (χ3v) is 21.2. The van der Waals surface area contributed by atoms with Gasteiger partial charge in [-0.25, -0.2) is 33.1 Å². The molecule has 0 spiro atoms. The van der Waals surface area contributed by atoms with E-state index in [1.807, 2.05) is 0 Å². The topological polar surface area (TPSA) is 499 Å². The Balaban J connectivity index is 1.63. The van der Waals surface area contributed by atoms with Crippen molar-refractivity contribution in [2.24, 2.45) is 35.1 Å². The van der Waals surface area contributed by atoms with Crippen LogP contribution < -0.4 is 54.0 Å². The highest BCUT2D eigenvalue weighted by Gasteiger charge is 2.39. The Morgan fingerprint density at radius 3 is 1.88 bits per heavy atom. The molecule has 3 rings (SSSR count). The number of ether oxygens (including phenoxy) is 4. The second kappa shape index (κ2) is 49.2. The molecule has 112 heavy (non-hydrogen) atoms. The van der Waals surface area contributed by atoms with Gasteiger partial charge in [0.2, 0.25) is 35.4 Å². The number of alkyl carbamates (subject to hydrolysis) is 2. The number of allylic oxidation sites excluding steroid dienone is 1. The lowest BCUT2D eigenvalue weighted by atomic mass is 9.90. The van der Waals surface area contributed by atoms with Crippen LogP contribution in [-0.4, -0.2) is 199 Å². The average molecular weight is 1640 g/mol. The number of likely N-dealkylation sites (N-methyl/N-ethyl adjacent to an activating group) is 2. The Morgan fingerprint density at radius 2 is 1.31 bits per heavy atom.